The van der Waals surface area contributed by atoms with Crippen LogP contribution in [0.5, 0.6) is 0 Å². The zero-order chi connectivity index (χ0) is 9.56. The highest BCUT2D eigenvalue weighted by atomic mass is 13.9. The number of rotatable bonds is 0. The Hall–Kier alpha value is -0.780. The van der Waals surface area contributed by atoms with Gasteiger partial charge in [-0.3, -0.25) is 0 Å². The third kappa shape index (κ3) is 7.33. The van der Waals surface area contributed by atoms with Crippen molar-refractivity contribution in [3.05, 3.63) is 35.4 Å². The molecule has 68 valence electrons. The second-order valence-corrected chi connectivity index (χ2v) is 3.89. The molecule has 0 amide bonds. The van der Waals surface area contributed by atoms with Gasteiger partial charge in [0.25, 0.3) is 0 Å². The molecule has 0 aliphatic carbocycles. The fourth-order valence-corrected chi connectivity index (χ4v) is 0.637. The summed E-state index contributed by atoms with van der Waals surface area (Å²) in [6, 6.07) is 8.48. The summed E-state index contributed by atoms with van der Waals surface area (Å²) in [5, 5.41) is 0. The molecular formula is C12H20. The molecule has 0 spiro atoms. The van der Waals surface area contributed by atoms with Gasteiger partial charge in [-0.05, 0) is 19.8 Å². The smallest absolute Gasteiger partial charge is 0.0398 e. The van der Waals surface area contributed by atoms with Gasteiger partial charge in [0, 0.05) is 0 Å². The molecule has 0 heteroatoms. The number of aryl methyl sites for hydroxylation is 2. The van der Waals surface area contributed by atoms with Crippen LogP contribution in [0.1, 0.15) is 31.9 Å². The van der Waals surface area contributed by atoms with Crippen LogP contribution in [0.25, 0.3) is 0 Å². The maximum atomic E-state index is 2.17. The molecule has 1 aromatic rings. The van der Waals surface area contributed by atoms with Crippen molar-refractivity contribution in [1.82, 2.24) is 0 Å². The summed E-state index contributed by atoms with van der Waals surface area (Å²) >= 11 is 0. The van der Waals surface area contributed by atoms with E-state index in [1.807, 2.05) is 0 Å². The van der Waals surface area contributed by atoms with E-state index >= 15 is 0 Å². The zero-order valence-electron chi connectivity index (χ0n) is 8.89. The van der Waals surface area contributed by atoms with Gasteiger partial charge in [0.1, 0.15) is 0 Å². The summed E-state index contributed by atoms with van der Waals surface area (Å²) in [4.78, 5) is 0. The van der Waals surface area contributed by atoms with Gasteiger partial charge in [-0.2, -0.15) is 0 Å². The molecule has 12 heavy (non-hydrogen) atoms. The summed E-state index contributed by atoms with van der Waals surface area (Å²) in [6.07, 6.45) is 0. The van der Waals surface area contributed by atoms with Crippen LogP contribution in [-0.4, -0.2) is 0 Å². The van der Waals surface area contributed by atoms with Gasteiger partial charge in [-0.15, -0.1) is 0 Å². The van der Waals surface area contributed by atoms with Crippen molar-refractivity contribution in [1.29, 1.82) is 0 Å². The average molecular weight is 164 g/mol. The second kappa shape index (κ2) is 5.82. The molecule has 0 saturated carbocycles. The van der Waals surface area contributed by atoms with Gasteiger partial charge < -0.3 is 0 Å². The van der Waals surface area contributed by atoms with E-state index in [0.29, 0.717) is 0 Å². The summed E-state index contributed by atoms with van der Waals surface area (Å²) in [6.45, 7) is 10.7. The Morgan fingerprint density at radius 1 is 0.750 bits per heavy atom. The summed E-state index contributed by atoms with van der Waals surface area (Å²) in [7, 11) is 0. The number of hydrogen-bond acceptors (Lipinski definition) is 0. The third-order valence-electron chi connectivity index (χ3n) is 1.22. The molecular weight excluding hydrogens is 144 g/mol. The fourth-order valence-electron chi connectivity index (χ4n) is 0.637. The minimum absolute atomic E-state index is 0.833. The third-order valence-corrected chi connectivity index (χ3v) is 1.22. The van der Waals surface area contributed by atoms with Crippen LogP contribution in [0.2, 0.25) is 0 Å². The quantitative estimate of drug-likeness (QED) is 0.544. The largest absolute Gasteiger partial charge is 0.0630 e. The van der Waals surface area contributed by atoms with Crippen LogP contribution in [-0.2, 0) is 0 Å². The molecule has 0 saturated heterocycles. The molecule has 0 N–H and O–H groups in total. The Morgan fingerprint density at radius 3 is 1.08 bits per heavy atom. The first-order valence-corrected chi connectivity index (χ1v) is 4.55. The zero-order valence-corrected chi connectivity index (χ0v) is 8.89. The van der Waals surface area contributed by atoms with E-state index in [1.165, 1.54) is 11.1 Å². The molecule has 0 aromatic heterocycles. The van der Waals surface area contributed by atoms with E-state index in [-0.39, 0.29) is 0 Å². The van der Waals surface area contributed by atoms with Gasteiger partial charge in [0.15, 0.2) is 0 Å². The van der Waals surface area contributed by atoms with E-state index in [4.69, 9.17) is 0 Å². The van der Waals surface area contributed by atoms with E-state index < -0.39 is 0 Å². The molecule has 0 bridgehead atoms. The molecule has 0 atom stereocenters. The van der Waals surface area contributed by atoms with E-state index in [1.54, 1.807) is 0 Å². The predicted octanol–water partition coefficient (Wildman–Crippen LogP) is 3.97. The van der Waals surface area contributed by atoms with E-state index in [9.17, 15) is 0 Å². The lowest BCUT2D eigenvalue weighted by atomic mass is 10.2. The van der Waals surface area contributed by atoms with Crippen LogP contribution in [0.3, 0.4) is 0 Å². The molecule has 0 nitrogen and oxygen atoms in total. The maximum absolute atomic E-state index is 2.17. The highest BCUT2D eigenvalue weighted by molar-refractivity contribution is 5.19. The molecule has 1 rings (SSSR count). The first-order chi connectivity index (χ1) is 5.52. The van der Waals surface area contributed by atoms with Gasteiger partial charge in [0.2, 0.25) is 0 Å². The topological polar surface area (TPSA) is 0 Å². The Morgan fingerprint density at radius 2 is 0.917 bits per heavy atom. The van der Waals surface area contributed by atoms with Crippen molar-refractivity contribution >= 4 is 0 Å². The van der Waals surface area contributed by atoms with Crippen molar-refractivity contribution in [2.24, 2.45) is 5.92 Å². The SMILES string of the molecule is CC(C)C.Cc1ccc(C)cc1. The standard InChI is InChI=1S/C8H10.C4H10/c1-7-3-5-8(2)6-4-7;1-4(2)3/h3-6H,1-2H3;4H,1-3H3. The van der Waals surface area contributed by atoms with Gasteiger partial charge in [-0.1, -0.05) is 56.2 Å². The Kier molecular flexibility index (Phi) is 5.44. The monoisotopic (exact) mass is 164 g/mol. The maximum Gasteiger partial charge on any atom is -0.0398 e. The van der Waals surface area contributed by atoms with Crippen LogP contribution >= 0.6 is 0 Å². The van der Waals surface area contributed by atoms with E-state index in [0.717, 1.165) is 5.92 Å². The van der Waals surface area contributed by atoms with Crippen molar-refractivity contribution in [2.75, 3.05) is 0 Å². The minimum Gasteiger partial charge on any atom is -0.0630 e. The summed E-state index contributed by atoms with van der Waals surface area (Å²) in [5.74, 6) is 0.833. The second-order valence-electron chi connectivity index (χ2n) is 3.89. The molecule has 0 fully saturated rings. The van der Waals surface area contributed by atoms with Crippen molar-refractivity contribution in [3.63, 3.8) is 0 Å². The minimum atomic E-state index is 0.833. The van der Waals surface area contributed by atoms with Gasteiger partial charge >= 0.3 is 0 Å². The fraction of sp³-hybridized carbons (Fsp3) is 0.500. The molecule has 0 aliphatic heterocycles. The molecule has 0 heterocycles. The first-order valence-electron chi connectivity index (χ1n) is 4.55. The van der Waals surface area contributed by atoms with Crippen LogP contribution in [0.4, 0.5) is 0 Å². The Balaban J connectivity index is 0.000000261. The summed E-state index contributed by atoms with van der Waals surface area (Å²) < 4.78 is 0. The Labute approximate surface area is 76.6 Å². The first kappa shape index (κ1) is 11.2. The average Bonchev–Trinajstić information content (AvgIpc) is 1.94. The van der Waals surface area contributed by atoms with Crippen LogP contribution < -0.4 is 0 Å². The van der Waals surface area contributed by atoms with Crippen LogP contribution in [0.15, 0.2) is 24.3 Å². The molecule has 0 unspecified atom stereocenters. The molecule has 0 radical (unpaired) electrons. The van der Waals surface area contributed by atoms with Gasteiger partial charge in [-0.25, -0.2) is 0 Å². The van der Waals surface area contributed by atoms with Crippen molar-refractivity contribution in [2.45, 2.75) is 34.6 Å². The molecule has 1 aromatic carbocycles. The highest BCUT2D eigenvalue weighted by Gasteiger charge is 1.79. The summed E-state index contributed by atoms with van der Waals surface area (Å²) in [5.41, 5.74) is 2.66. The van der Waals surface area contributed by atoms with Crippen molar-refractivity contribution in [3.8, 4) is 0 Å². The Bertz CT molecular complexity index is 170. The highest BCUT2D eigenvalue weighted by Crippen LogP contribution is 1.99. The predicted molar refractivity (Wildman–Crippen MR) is 56.4 cm³/mol. The number of benzene rings is 1. The van der Waals surface area contributed by atoms with Crippen molar-refractivity contribution < 1.29 is 0 Å². The number of hydrogen-bond donors (Lipinski definition) is 0. The lowest BCUT2D eigenvalue weighted by Crippen LogP contribution is -1.70. The lowest BCUT2D eigenvalue weighted by molar-refractivity contribution is 0.737. The van der Waals surface area contributed by atoms with Crippen LogP contribution in [0, 0.1) is 19.8 Å². The normalized spacial score (nSPS) is 9.17. The van der Waals surface area contributed by atoms with E-state index in [2.05, 4.69) is 58.9 Å². The van der Waals surface area contributed by atoms with Gasteiger partial charge in [0.05, 0.1) is 0 Å². The molecule has 0 aliphatic rings. The lowest BCUT2D eigenvalue weighted by Gasteiger charge is -1.90.